The van der Waals surface area contributed by atoms with Gasteiger partial charge in [0, 0.05) is 43.7 Å². The van der Waals surface area contributed by atoms with Gasteiger partial charge in [0.25, 0.3) is 0 Å². The smallest absolute Gasteiger partial charge is 0.238 e. The van der Waals surface area contributed by atoms with Crippen molar-refractivity contribution in [3.8, 4) is 51.0 Å². The highest BCUT2D eigenvalue weighted by Crippen LogP contribution is 2.53. The van der Waals surface area contributed by atoms with Crippen LogP contribution in [0.5, 0.6) is 0 Å². The zero-order valence-corrected chi connectivity index (χ0v) is 35.7. The molecule has 0 saturated carbocycles. The molecule has 1 aliphatic rings. The normalized spacial score (nSPS) is 13.2. The molecule has 3 heterocycles. The average molecular weight is 831 g/mol. The number of benzene rings is 10. The van der Waals surface area contributed by atoms with Gasteiger partial charge in [0.2, 0.25) is 5.95 Å². The van der Waals surface area contributed by atoms with Gasteiger partial charge in [-0.2, -0.15) is 9.97 Å². The first kappa shape index (κ1) is 36.1. The molecule has 5 nitrogen and oxygen atoms in total. The van der Waals surface area contributed by atoms with Crippen molar-refractivity contribution in [1.82, 2.24) is 19.5 Å². The van der Waals surface area contributed by atoms with Gasteiger partial charge in [0.1, 0.15) is 11.2 Å². The predicted molar refractivity (Wildman–Crippen MR) is 268 cm³/mol. The summed E-state index contributed by atoms with van der Waals surface area (Å²) in [5.41, 5.74) is 12.9. The van der Waals surface area contributed by atoms with Crippen LogP contribution in [0.4, 0.5) is 0 Å². The molecule has 13 aromatic rings. The van der Waals surface area contributed by atoms with Gasteiger partial charge >= 0.3 is 0 Å². The Balaban J connectivity index is 1.05. The standard InChI is InChI=1S/C60H38N4O/c1-60(2)49-30-26-36-13-5-7-16-42(36)54(49)47-29-24-39(33-50(47)60)44-19-11-20-48-55-43-17-8-6-14-37(43)27-31-51(55)64(56(44)48)59-62-57(40-23-22-35-12-3-4-15-38(35)32-40)61-58(63-59)41-25-28-46-45-18-9-10-21-52(45)65-53(46)34-41/h3-34H,1-2H3. The Labute approximate surface area is 373 Å². The third-order valence-electron chi connectivity index (χ3n) is 14.0. The molecule has 0 spiro atoms. The molecule has 0 aliphatic heterocycles. The van der Waals surface area contributed by atoms with Gasteiger partial charge in [-0.1, -0.05) is 172 Å². The highest BCUT2D eigenvalue weighted by molar-refractivity contribution is 6.23. The van der Waals surface area contributed by atoms with Crippen molar-refractivity contribution in [2.24, 2.45) is 0 Å². The van der Waals surface area contributed by atoms with Gasteiger partial charge < -0.3 is 4.42 Å². The molecular formula is C60H38N4O. The van der Waals surface area contributed by atoms with Gasteiger partial charge in [-0.15, -0.1) is 0 Å². The number of rotatable bonds is 4. The van der Waals surface area contributed by atoms with E-state index in [2.05, 4.69) is 194 Å². The number of para-hydroxylation sites is 2. The average Bonchev–Trinajstić information content (AvgIpc) is 3.98. The Hall–Kier alpha value is -8.41. The van der Waals surface area contributed by atoms with Crippen LogP contribution < -0.4 is 0 Å². The molecule has 304 valence electrons. The van der Waals surface area contributed by atoms with E-state index in [-0.39, 0.29) is 5.41 Å². The van der Waals surface area contributed by atoms with Crippen molar-refractivity contribution in [3.63, 3.8) is 0 Å². The molecule has 65 heavy (non-hydrogen) atoms. The van der Waals surface area contributed by atoms with E-state index in [9.17, 15) is 0 Å². The summed E-state index contributed by atoms with van der Waals surface area (Å²) in [4.78, 5) is 16.2. The third-order valence-corrected chi connectivity index (χ3v) is 14.0. The molecule has 0 fully saturated rings. The first-order chi connectivity index (χ1) is 32.0. The van der Waals surface area contributed by atoms with Crippen molar-refractivity contribution in [3.05, 3.63) is 205 Å². The van der Waals surface area contributed by atoms with Crippen LogP contribution in [0.2, 0.25) is 0 Å². The van der Waals surface area contributed by atoms with Crippen LogP contribution in [-0.2, 0) is 5.41 Å². The minimum atomic E-state index is -0.194. The first-order valence-electron chi connectivity index (χ1n) is 22.3. The lowest BCUT2D eigenvalue weighted by molar-refractivity contribution is 0.661. The summed E-state index contributed by atoms with van der Waals surface area (Å²) >= 11 is 0. The minimum absolute atomic E-state index is 0.194. The van der Waals surface area contributed by atoms with Crippen LogP contribution in [0, 0.1) is 0 Å². The van der Waals surface area contributed by atoms with Crippen molar-refractivity contribution in [1.29, 1.82) is 0 Å². The summed E-state index contributed by atoms with van der Waals surface area (Å²) in [5, 5.41) is 11.7. The lowest BCUT2D eigenvalue weighted by atomic mass is 9.81. The Bertz CT molecular complexity index is 4170. The van der Waals surface area contributed by atoms with Gasteiger partial charge in [-0.25, -0.2) is 4.98 Å². The van der Waals surface area contributed by atoms with Gasteiger partial charge in [0.15, 0.2) is 11.6 Å². The maximum absolute atomic E-state index is 6.41. The number of aromatic nitrogens is 4. The monoisotopic (exact) mass is 830 g/mol. The Morgan fingerprint density at radius 2 is 1.05 bits per heavy atom. The molecule has 3 aromatic heterocycles. The number of nitrogens with zero attached hydrogens (tertiary/aromatic N) is 4. The lowest BCUT2D eigenvalue weighted by Crippen LogP contribution is -2.15. The van der Waals surface area contributed by atoms with Gasteiger partial charge in [-0.05, 0) is 96.5 Å². The molecule has 5 heteroatoms. The van der Waals surface area contributed by atoms with E-state index < -0.39 is 0 Å². The van der Waals surface area contributed by atoms with E-state index >= 15 is 0 Å². The molecular weight excluding hydrogens is 793 g/mol. The minimum Gasteiger partial charge on any atom is -0.456 e. The van der Waals surface area contributed by atoms with Crippen LogP contribution in [0.25, 0.3) is 127 Å². The van der Waals surface area contributed by atoms with Crippen LogP contribution >= 0.6 is 0 Å². The van der Waals surface area contributed by atoms with Gasteiger partial charge in [-0.3, -0.25) is 4.57 Å². The topological polar surface area (TPSA) is 56.7 Å². The maximum atomic E-state index is 6.41. The second kappa shape index (κ2) is 13.3. The van der Waals surface area contributed by atoms with Crippen molar-refractivity contribution in [2.45, 2.75) is 19.3 Å². The summed E-state index contributed by atoms with van der Waals surface area (Å²) in [6, 6.07) is 69.6. The SMILES string of the molecule is CC1(C)c2cc(-c3cccc4c5c6ccccc6ccc5n(-c5nc(-c6ccc7ccccc7c6)nc(-c6ccc7c(c6)oc6ccccc67)n5)c34)ccc2-c2c1ccc1ccccc21. The summed E-state index contributed by atoms with van der Waals surface area (Å²) in [7, 11) is 0. The molecule has 1 aliphatic carbocycles. The molecule has 0 radical (unpaired) electrons. The molecule has 0 amide bonds. The second-order valence-electron chi connectivity index (χ2n) is 18.0. The van der Waals surface area contributed by atoms with Crippen LogP contribution in [0.1, 0.15) is 25.0 Å². The van der Waals surface area contributed by atoms with E-state index in [0.29, 0.717) is 17.6 Å². The Kier molecular flexibility index (Phi) is 7.39. The van der Waals surface area contributed by atoms with Crippen LogP contribution in [-0.4, -0.2) is 19.5 Å². The summed E-state index contributed by atoms with van der Waals surface area (Å²) in [6.45, 7) is 4.73. The van der Waals surface area contributed by atoms with Crippen LogP contribution in [0.3, 0.4) is 0 Å². The fourth-order valence-corrected chi connectivity index (χ4v) is 10.9. The maximum Gasteiger partial charge on any atom is 0.238 e. The highest BCUT2D eigenvalue weighted by Gasteiger charge is 2.37. The fourth-order valence-electron chi connectivity index (χ4n) is 10.9. The van der Waals surface area contributed by atoms with E-state index in [1.54, 1.807) is 0 Å². The Morgan fingerprint density at radius 1 is 0.415 bits per heavy atom. The van der Waals surface area contributed by atoms with Gasteiger partial charge in [0.05, 0.1) is 11.0 Å². The molecule has 14 rings (SSSR count). The molecule has 0 saturated heterocycles. The first-order valence-corrected chi connectivity index (χ1v) is 22.3. The van der Waals surface area contributed by atoms with Crippen LogP contribution in [0.15, 0.2) is 199 Å². The van der Waals surface area contributed by atoms with E-state index in [1.807, 2.05) is 18.2 Å². The molecule has 10 aromatic carbocycles. The largest absolute Gasteiger partial charge is 0.456 e. The number of fused-ring (bicyclic) bond motifs is 14. The van der Waals surface area contributed by atoms with E-state index in [0.717, 1.165) is 71.4 Å². The quantitative estimate of drug-likeness (QED) is 0.177. The predicted octanol–water partition coefficient (Wildman–Crippen LogP) is 15.6. The van der Waals surface area contributed by atoms with E-state index in [1.165, 1.54) is 49.2 Å². The van der Waals surface area contributed by atoms with E-state index in [4.69, 9.17) is 19.4 Å². The summed E-state index contributed by atoms with van der Waals surface area (Å²) in [6.07, 6.45) is 0. The van der Waals surface area contributed by atoms with Crippen molar-refractivity contribution >= 4 is 76.1 Å². The number of furan rings is 1. The zero-order valence-electron chi connectivity index (χ0n) is 35.7. The Morgan fingerprint density at radius 3 is 1.89 bits per heavy atom. The summed E-state index contributed by atoms with van der Waals surface area (Å²) < 4.78 is 8.69. The number of hydrogen-bond acceptors (Lipinski definition) is 4. The molecule has 0 N–H and O–H groups in total. The number of hydrogen-bond donors (Lipinski definition) is 0. The molecule has 0 atom stereocenters. The fraction of sp³-hybridized carbons (Fsp3) is 0.0500. The molecule has 0 bridgehead atoms. The molecule has 0 unspecified atom stereocenters. The van der Waals surface area contributed by atoms with Crippen molar-refractivity contribution in [2.75, 3.05) is 0 Å². The zero-order chi connectivity index (χ0) is 43.0. The second-order valence-corrected chi connectivity index (χ2v) is 18.0. The third kappa shape index (κ3) is 5.24. The van der Waals surface area contributed by atoms with Crippen molar-refractivity contribution < 1.29 is 4.42 Å². The lowest BCUT2D eigenvalue weighted by Gasteiger charge is -2.22. The summed E-state index contributed by atoms with van der Waals surface area (Å²) in [5.74, 6) is 1.71. The highest BCUT2D eigenvalue weighted by atomic mass is 16.3.